The zero-order valence-corrected chi connectivity index (χ0v) is 14.2. The van der Waals surface area contributed by atoms with Crippen LogP contribution in [0.5, 0.6) is 0 Å². The molecule has 2 aromatic rings. The Morgan fingerprint density at radius 3 is 2.71 bits per heavy atom. The van der Waals surface area contributed by atoms with Crippen molar-refractivity contribution in [3.05, 3.63) is 52.5 Å². The lowest BCUT2D eigenvalue weighted by Gasteiger charge is -2.19. The first kappa shape index (κ1) is 17.8. The highest BCUT2D eigenvalue weighted by atomic mass is 32.2. The maximum Gasteiger partial charge on any atom is 0.286 e. The molecule has 0 saturated heterocycles. The Morgan fingerprint density at radius 1 is 1.46 bits per heavy atom. The van der Waals surface area contributed by atoms with Crippen LogP contribution in [0.4, 0.5) is 0 Å². The molecule has 0 bridgehead atoms. The SMILES string of the molecule is CS(=O)(=O)ON(C(=N)N)C(=O)/C(=C/c1ccsc1)c1cccnc1. The van der Waals surface area contributed by atoms with Gasteiger partial charge in [-0.15, -0.1) is 9.35 Å². The first-order valence-electron chi connectivity index (χ1n) is 6.50. The zero-order valence-electron chi connectivity index (χ0n) is 12.5. The largest absolute Gasteiger partial charge is 0.368 e. The zero-order chi connectivity index (χ0) is 17.7. The minimum atomic E-state index is -4.05. The van der Waals surface area contributed by atoms with E-state index < -0.39 is 22.0 Å². The van der Waals surface area contributed by atoms with E-state index >= 15 is 0 Å². The topological polar surface area (TPSA) is 126 Å². The number of hydrogen-bond acceptors (Lipinski definition) is 7. The van der Waals surface area contributed by atoms with Gasteiger partial charge in [0.2, 0.25) is 5.96 Å². The van der Waals surface area contributed by atoms with E-state index in [4.69, 9.17) is 11.1 Å². The molecule has 0 spiro atoms. The molecular weight excluding hydrogens is 352 g/mol. The van der Waals surface area contributed by atoms with Gasteiger partial charge in [-0.1, -0.05) is 6.07 Å². The summed E-state index contributed by atoms with van der Waals surface area (Å²) in [5.74, 6) is -1.75. The molecule has 2 aromatic heterocycles. The normalized spacial score (nSPS) is 12.0. The summed E-state index contributed by atoms with van der Waals surface area (Å²) >= 11 is 1.43. The summed E-state index contributed by atoms with van der Waals surface area (Å²) < 4.78 is 27.2. The second kappa shape index (κ2) is 7.34. The molecule has 0 aliphatic rings. The standard InChI is InChI=1S/C14H14N4O4S2/c1-24(20,21)22-18(14(15)16)13(19)12(7-10-4-6-23-9-10)11-3-2-5-17-8-11/h2-9H,1H3,(H3,15,16)/b12-7+. The first-order chi connectivity index (χ1) is 11.3. The number of amides is 1. The predicted octanol–water partition coefficient (Wildman–Crippen LogP) is 1.30. The van der Waals surface area contributed by atoms with Crippen LogP contribution in [0, 0.1) is 5.41 Å². The number of hydrogen-bond donors (Lipinski definition) is 2. The molecule has 0 aliphatic carbocycles. The molecule has 0 aliphatic heterocycles. The number of hydroxylamine groups is 2. The van der Waals surface area contributed by atoms with E-state index in [9.17, 15) is 13.2 Å². The summed E-state index contributed by atoms with van der Waals surface area (Å²) in [5.41, 5.74) is 6.54. The number of nitrogens with one attached hydrogen (secondary N) is 1. The molecule has 0 saturated carbocycles. The Hall–Kier alpha value is -2.56. The van der Waals surface area contributed by atoms with Crippen molar-refractivity contribution >= 4 is 45.0 Å². The summed E-state index contributed by atoms with van der Waals surface area (Å²) in [5, 5.41) is 11.3. The molecule has 8 nitrogen and oxygen atoms in total. The number of pyridine rings is 1. The van der Waals surface area contributed by atoms with Crippen LogP contribution in [0.2, 0.25) is 0 Å². The van der Waals surface area contributed by atoms with Gasteiger partial charge in [-0.05, 0) is 34.5 Å². The van der Waals surface area contributed by atoms with Gasteiger partial charge in [0.15, 0.2) is 0 Å². The fraction of sp³-hybridized carbons (Fsp3) is 0.0714. The van der Waals surface area contributed by atoms with E-state index in [1.54, 1.807) is 23.6 Å². The molecule has 2 rings (SSSR count). The molecule has 0 aromatic carbocycles. The van der Waals surface area contributed by atoms with E-state index in [1.165, 1.54) is 29.8 Å². The average molecular weight is 366 g/mol. The molecule has 24 heavy (non-hydrogen) atoms. The number of guanidine groups is 1. The fourth-order valence-electron chi connectivity index (χ4n) is 1.74. The Bertz CT molecular complexity index is 861. The van der Waals surface area contributed by atoms with Crippen LogP contribution in [-0.2, 0) is 19.2 Å². The van der Waals surface area contributed by atoms with E-state index in [1.807, 2.05) is 5.38 Å². The van der Waals surface area contributed by atoms with Gasteiger partial charge in [0, 0.05) is 18.0 Å². The van der Waals surface area contributed by atoms with Gasteiger partial charge in [0.25, 0.3) is 16.0 Å². The van der Waals surface area contributed by atoms with Gasteiger partial charge in [0.1, 0.15) is 0 Å². The summed E-state index contributed by atoms with van der Waals surface area (Å²) in [6.45, 7) is 0. The Morgan fingerprint density at radius 2 is 2.21 bits per heavy atom. The van der Waals surface area contributed by atoms with E-state index in [2.05, 4.69) is 9.27 Å². The number of nitrogens with two attached hydrogens (primary N) is 1. The smallest absolute Gasteiger partial charge is 0.286 e. The van der Waals surface area contributed by atoms with Gasteiger partial charge in [-0.2, -0.15) is 19.8 Å². The molecule has 1 amide bonds. The van der Waals surface area contributed by atoms with Crippen molar-refractivity contribution in [1.29, 1.82) is 5.41 Å². The van der Waals surface area contributed by atoms with Crippen LogP contribution < -0.4 is 5.73 Å². The molecular formula is C14H14N4O4S2. The van der Waals surface area contributed by atoms with E-state index in [-0.39, 0.29) is 10.6 Å². The maximum atomic E-state index is 12.7. The van der Waals surface area contributed by atoms with Crippen LogP contribution in [0.15, 0.2) is 41.4 Å². The van der Waals surface area contributed by atoms with Crippen LogP contribution in [0.3, 0.4) is 0 Å². The van der Waals surface area contributed by atoms with Crippen LogP contribution >= 0.6 is 11.3 Å². The maximum absolute atomic E-state index is 12.7. The molecule has 0 radical (unpaired) electrons. The number of rotatable bonds is 5. The van der Waals surface area contributed by atoms with E-state index in [0.717, 1.165) is 11.8 Å². The third-order valence-corrected chi connectivity index (χ3v) is 3.79. The minimum Gasteiger partial charge on any atom is -0.368 e. The number of carbonyl (C=O) groups excluding carboxylic acids is 1. The van der Waals surface area contributed by atoms with Crippen molar-refractivity contribution in [3.63, 3.8) is 0 Å². The minimum absolute atomic E-state index is 0.0837. The van der Waals surface area contributed by atoms with Gasteiger partial charge < -0.3 is 5.73 Å². The Labute approximate surface area is 142 Å². The van der Waals surface area contributed by atoms with E-state index in [0.29, 0.717) is 5.56 Å². The fourth-order valence-corrected chi connectivity index (χ4v) is 2.78. The van der Waals surface area contributed by atoms with Crippen LogP contribution in [0.1, 0.15) is 11.1 Å². The van der Waals surface area contributed by atoms with Crippen molar-refractivity contribution < 1.29 is 17.5 Å². The highest BCUT2D eigenvalue weighted by Crippen LogP contribution is 2.22. The Kier molecular flexibility index (Phi) is 5.44. The summed E-state index contributed by atoms with van der Waals surface area (Å²) in [6, 6.07) is 5.03. The first-order valence-corrected chi connectivity index (χ1v) is 9.26. The highest BCUT2D eigenvalue weighted by Gasteiger charge is 2.27. The van der Waals surface area contributed by atoms with Crippen molar-refractivity contribution in [2.45, 2.75) is 0 Å². The van der Waals surface area contributed by atoms with Crippen LogP contribution in [-0.4, -0.2) is 36.6 Å². The molecule has 3 N–H and O–H groups in total. The van der Waals surface area contributed by atoms with Gasteiger partial charge in [0.05, 0.1) is 11.8 Å². The van der Waals surface area contributed by atoms with Gasteiger partial charge in [-0.25, -0.2) is 0 Å². The predicted molar refractivity (Wildman–Crippen MR) is 91.1 cm³/mol. The van der Waals surface area contributed by atoms with Crippen molar-refractivity contribution in [1.82, 2.24) is 10.0 Å². The number of aromatic nitrogens is 1. The molecule has 2 heterocycles. The lowest BCUT2D eigenvalue weighted by Crippen LogP contribution is -2.42. The summed E-state index contributed by atoms with van der Waals surface area (Å²) in [4.78, 5) is 16.7. The molecule has 0 fully saturated rings. The van der Waals surface area contributed by atoms with Crippen LogP contribution in [0.25, 0.3) is 11.6 Å². The number of nitrogens with zero attached hydrogens (tertiary/aromatic N) is 2. The van der Waals surface area contributed by atoms with Crippen molar-refractivity contribution in [2.24, 2.45) is 5.73 Å². The second-order valence-electron chi connectivity index (χ2n) is 4.62. The second-order valence-corrected chi connectivity index (χ2v) is 6.96. The van der Waals surface area contributed by atoms with Gasteiger partial charge in [-0.3, -0.25) is 15.2 Å². The Balaban J connectivity index is 2.50. The van der Waals surface area contributed by atoms with Crippen molar-refractivity contribution in [2.75, 3.05) is 6.26 Å². The molecule has 126 valence electrons. The average Bonchev–Trinajstić information content (AvgIpc) is 3.02. The summed E-state index contributed by atoms with van der Waals surface area (Å²) in [7, 11) is -4.05. The lowest BCUT2D eigenvalue weighted by molar-refractivity contribution is -0.137. The monoisotopic (exact) mass is 366 g/mol. The lowest BCUT2D eigenvalue weighted by atomic mass is 10.1. The van der Waals surface area contributed by atoms with Crippen molar-refractivity contribution in [3.8, 4) is 0 Å². The molecule has 0 atom stereocenters. The quantitative estimate of drug-likeness (QED) is 0.355. The third kappa shape index (κ3) is 4.72. The highest BCUT2D eigenvalue weighted by molar-refractivity contribution is 7.85. The number of carbonyl (C=O) groups is 1. The third-order valence-electron chi connectivity index (χ3n) is 2.67. The number of thiophene rings is 1. The molecule has 0 unspecified atom stereocenters. The summed E-state index contributed by atoms with van der Waals surface area (Å²) in [6.07, 6.45) is 5.26. The van der Waals surface area contributed by atoms with Gasteiger partial charge >= 0.3 is 0 Å². The molecule has 10 heteroatoms.